The highest BCUT2D eigenvalue weighted by Crippen LogP contribution is 2.32. The number of benzene rings is 1. The lowest BCUT2D eigenvalue weighted by Crippen LogP contribution is -2.32. The van der Waals surface area contributed by atoms with E-state index in [1.807, 2.05) is 18.2 Å². The van der Waals surface area contributed by atoms with Gasteiger partial charge < -0.3 is 9.88 Å². The second-order valence-corrected chi connectivity index (χ2v) is 7.57. The molecule has 1 aromatic carbocycles. The standard InChI is InChI=1S/C17H18ClN3OS/c18-11-4-5-13-12(10-11)15-16(23-13)17(22)20-14(19-15)6-9-21-7-2-1-3-8-21/h4-5,10H,1-3,6-9H2,(H,19,20,22). The summed E-state index contributed by atoms with van der Waals surface area (Å²) in [5.74, 6) is 0.771. The van der Waals surface area contributed by atoms with Gasteiger partial charge >= 0.3 is 0 Å². The first kappa shape index (κ1) is 15.1. The van der Waals surface area contributed by atoms with Crippen LogP contribution in [0.25, 0.3) is 20.3 Å². The number of hydrogen-bond acceptors (Lipinski definition) is 4. The average Bonchev–Trinajstić information content (AvgIpc) is 2.93. The van der Waals surface area contributed by atoms with E-state index in [0.29, 0.717) is 9.72 Å². The van der Waals surface area contributed by atoms with Gasteiger partial charge in [0.05, 0.1) is 5.52 Å². The molecule has 0 aliphatic carbocycles. The average molecular weight is 348 g/mol. The van der Waals surface area contributed by atoms with Gasteiger partial charge in [0, 0.05) is 28.1 Å². The van der Waals surface area contributed by atoms with Crippen LogP contribution in [-0.4, -0.2) is 34.5 Å². The van der Waals surface area contributed by atoms with Crippen LogP contribution in [0.4, 0.5) is 0 Å². The van der Waals surface area contributed by atoms with Crippen LogP contribution in [0.15, 0.2) is 23.0 Å². The van der Waals surface area contributed by atoms with Crippen LogP contribution in [0.1, 0.15) is 25.1 Å². The predicted octanol–water partition coefficient (Wildman–Crippen LogP) is 3.82. The van der Waals surface area contributed by atoms with Crippen molar-refractivity contribution in [3.05, 3.63) is 39.4 Å². The lowest BCUT2D eigenvalue weighted by atomic mass is 10.1. The maximum Gasteiger partial charge on any atom is 0.268 e. The van der Waals surface area contributed by atoms with Crippen LogP contribution >= 0.6 is 22.9 Å². The third-order valence-electron chi connectivity index (χ3n) is 4.45. The number of aromatic amines is 1. The van der Waals surface area contributed by atoms with E-state index in [9.17, 15) is 4.79 Å². The van der Waals surface area contributed by atoms with E-state index in [4.69, 9.17) is 16.6 Å². The van der Waals surface area contributed by atoms with Gasteiger partial charge in [-0.1, -0.05) is 18.0 Å². The molecule has 23 heavy (non-hydrogen) atoms. The molecule has 3 aromatic rings. The zero-order valence-electron chi connectivity index (χ0n) is 12.8. The number of likely N-dealkylation sites (tertiary alicyclic amines) is 1. The van der Waals surface area contributed by atoms with Crippen LogP contribution in [0.3, 0.4) is 0 Å². The highest BCUT2D eigenvalue weighted by atomic mass is 35.5. The van der Waals surface area contributed by atoms with Crippen LogP contribution in [0.5, 0.6) is 0 Å². The van der Waals surface area contributed by atoms with E-state index in [1.54, 1.807) is 0 Å². The Balaban J connectivity index is 1.69. The second-order valence-electron chi connectivity index (χ2n) is 6.09. The highest BCUT2D eigenvalue weighted by Gasteiger charge is 2.14. The number of thiophene rings is 1. The normalized spacial score (nSPS) is 16.4. The van der Waals surface area contributed by atoms with Crippen molar-refractivity contribution in [1.82, 2.24) is 14.9 Å². The molecule has 4 rings (SSSR count). The number of hydrogen-bond donors (Lipinski definition) is 1. The molecule has 1 aliphatic rings. The summed E-state index contributed by atoms with van der Waals surface area (Å²) in [5, 5.41) is 1.65. The van der Waals surface area contributed by atoms with Gasteiger partial charge in [0.15, 0.2) is 0 Å². The van der Waals surface area contributed by atoms with Gasteiger partial charge in [0.1, 0.15) is 10.5 Å². The van der Waals surface area contributed by atoms with Gasteiger partial charge in [0.2, 0.25) is 0 Å². The fraction of sp³-hybridized carbons (Fsp3) is 0.412. The number of halogens is 1. The van der Waals surface area contributed by atoms with E-state index >= 15 is 0 Å². The van der Waals surface area contributed by atoms with Gasteiger partial charge in [0.25, 0.3) is 5.56 Å². The molecule has 1 aliphatic heterocycles. The molecule has 0 atom stereocenters. The van der Waals surface area contributed by atoms with Crippen molar-refractivity contribution in [1.29, 1.82) is 0 Å². The Kier molecular flexibility index (Phi) is 4.09. The number of rotatable bonds is 3. The Morgan fingerprint density at radius 3 is 2.91 bits per heavy atom. The predicted molar refractivity (Wildman–Crippen MR) is 96.8 cm³/mol. The fourth-order valence-electron chi connectivity index (χ4n) is 3.24. The van der Waals surface area contributed by atoms with Gasteiger partial charge in [-0.3, -0.25) is 4.79 Å². The summed E-state index contributed by atoms with van der Waals surface area (Å²) >= 11 is 7.58. The van der Waals surface area contributed by atoms with Crippen molar-refractivity contribution < 1.29 is 0 Å². The van der Waals surface area contributed by atoms with Gasteiger partial charge in [-0.05, 0) is 44.1 Å². The zero-order chi connectivity index (χ0) is 15.8. The Morgan fingerprint density at radius 2 is 2.09 bits per heavy atom. The third kappa shape index (κ3) is 3.01. The van der Waals surface area contributed by atoms with E-state index in [-0.39, 0.29) is 5.56 Å². The zero-order valence-corrected chi connectivity index (χ0v) is 14.3. The molecule has 2 aromatic heterocycles. The molecular formula is C17H18ClN3OS. The lowest BCUT2D eigenvalue weighted by molar-refractivity contribution is 0.230. The second kappa shape index (κ2) is 6.23. The summed E-state index contributed by atoms with van der Waals surface area (Å²) < 4.78 is 1.74. The molecule has 0 spiro atoms. The van der Waals surface area contributed by atoms with Crippen LogP contribution in [-0.2, 0) is 6.42 Å². The van der Waals surface area contributed by atoms with Crippen molar-refractivity contribution in [2.24, 2.45) is 0 Å². The smallest absolute Gasteiger partial charge is 0.268 e. The van der Waals surface area contributed by atoms with Gasteiger partial charge in [-0.25, -0.2) is 4.98 Å². The van der Waals surface area contributed by atoms with Crippen molar-refractivity contribution >= 4 is 43.2 Å². The molecule has 3 heterocycles. The molecule has 0 amide bonds. The lowest BCUT2D eigenvalue weighted by Gasteiger charge is -2.25. The van der Waals surface area contributed by atoms with E-state index < -0.39 is 0 Å². The van der Waals surface area contributed by atoms with Crippen molar-refractivity contribution in [3.63, 3.8) is 0 Å². The topological polar surface area (TPSA) is 49.0 Å². The molecule has 1 saturated heterocycles. The maximum absolute atomic E-state index is 12.4. The first-order chi connectivity index (χ1) is 11.2. The van der Waals surface area contributed by atoms with E-state index in [0.717, 1.165) is 47.5 Å². The number of H-pyrrole nitrogens is 1. The van der Waals surface area contributed by atoms with Crippen LogP contribution in [0, 0.1) is 0 Å². The molecule has 4 nitrogen and oxygen atoms in total. The highest BCUT2D eigenvalue weighted by molar-refractivity contribution is 7.25. The Labute approximate surface area is 143 Å². The summed E-state index contributed by atoms with van der Waals surface area (Å²) in [4.78, 5) is 22.5. The number of piperidine rings is 1. The summed E-state index contributed by atoms with van der Waals surface area (Å²) in [6, 6.07) is 5.71. The Bertz CT molecular complexity index is 911. The Hall–Kier alpha value is -1.43. The minimum absolute atomic E-state index is 0.0408. The molecular weight excluding hydrogens is 330 g/mol. The van der Waals surface area contributed by atoms with Crippen molar-refractivity contribution in [3.8, 4) is 0 Å². The molecule has 0 bridgehead atoms. The van der Waals surface area contributed by atoms with Crippen LogP contribution in [0.2, 0.25) is 5.02 Å². The molecule has 1 fully saturated rings. The molecule has 0 unspecified atom stereocenters. The van der Waals surface area contributed by atoms with E-state index in [2.05, 4.69) is 9.88 Å². The minimum Gasteiger partial charge on any atom is -0.309 e. The number of aromatic nitrogens is 2. The quantitative estimate of drug-likeness (QED) is 0.783. The summed E-state index contributed by atoms with van der Waals surface area (Å²) in [6.07, 6.45) is 4.66. The minimum atomic E-state index is -0.0408. The monoisotopic (exact) mass is 347 g/mol. The first-order valence-electron chi connectivity index (χ1n) is 8.04. The van der Waals surface area contributed by atoms with Crippen molar-refractivity contribution in [2.45, 2.75) is 25.7 Å². The maximum atomic E-state index is 12.4. The molecule has 120 valence electrons. The molecule has 0 saturated carbocycles. The Morgan fingerprint density at radius 1 is 1.26 bits per heavy atom. The molecule has 6 heteroatoms. The van der Waals surface area contributed by atoms with Crippen molar-refractivity contribution in [2.75, 3.05) is 19.6 Å². The first-order valence-corrected chi connectivity index (χ1v) is 9.23. The number of nitrogens with one attached hydrogen (secondary N) is 1. The number of fused-ring (bicyclic) bond motifs is 3. The largest absolute Gasteiger partial charge is 0.309 e. The third-order valence-corrected chi connectivity index (χ3v) is 5.84. The summed E-state index contributed by atoms with van der Waals surface area (Å²) in [5.41, 5.74) is 0.742. The fourth-order valence-corrected chi connectivity index (χ4v) is 4.43. The van der Waals surface area contributed by atoms with Gasteiger partial charge in [-0.15, -0.1) is 11.3 Å². The molecule has 0 radical (unpaired) electrons. The SMILES string of the molecule is O=c1[nH]c(CCN2CCCCC2)nc2c1sc1ccc(Cl)cc12. The van der Waals surface area contributed by atoms with E-state index in [1.165, 1.54) is 30.6 Å². The van der Waals surface area contributed by atoms with Crippen LogP contribution < -0.4 is 5.56 Å². The summed E-state index contributed by atoms with van der Waals surface area (Å²) in [7, 11) is 0. The summed E-state index contributed by atoms with van der Waals surface area (Å²) in [6.45, 7) is 3.27. The van der Waals surface area contributed by atoms with Gasteiger partial charge in [-0.2, -0.15) is 0 Å². The number of nitrogens with zero attached hydrogens (tertiary/aromatic N) is 2. The molecule has 1 N–H and O–H groups in total.